The van der Waals surface area contributed by atoms with Crippen LogP contribution >= 0.6 is 34.7 Å². The van der Waals surface area contributed by atoms with Gasteiger partial charge in [-0.2, -0.15) is 5.10 Å². The lowest BCUT2D eigenvalue weighted by atomic mass is 10.0. The summed E-state index contributed by atoms with van der Waals surface area (Å²) >= 11 is 8.86. The van der Waals surface area contributed by atoms with E-state index >= 15 is 0 Å². The first-order chi connectivity index (χ1) is 14.7. The smallest absolute Gasteiger partial charge is 0.253 e. The van der Waals surface area contributed by atoms with E-state index in [9.17, 15) is 4.79 Å². The molecule has 2 aliphatic rings. The minimum Gasteiger partial charge on any atom is -0.467 e. The highest BCUT2D eigenvalue weighted by Crippen LogP contribution is 2.35. The topological polar surface area (TPSA) is 83.6 Å². The van der Waals surface area contributed by atoms with Gasteiger partial charge in [-0.25, -0.2) is 5.01 Å². The fourth-order valence-electron chi connectivity index (χ4n) is 3.18. The van der Waals surface area contributed by atoms with Gasteiger partial charge in [0.2, 0.25) is 5.13 Å². The SMILES string of the molecule is O=C(CSc1nnc(NC2CC2)s1)N1N=C(c2ccc(Cl)cc2)C[C@H]1c1ccco1. The Labute approximate surface area is 186 Å². The highest BCUT2D eigenvalue weighted by Gasteiger charge is 2.35. The number of halogens is 1. The summed E-state index contributed by atoms with van der Waals surface area (Å²) in [6.07, 6.45) is 4.55. The number of nitrogens with one attached hydrogen (secondary N) is 1. The summed E-state index contributed by atoms with van der Waals surface area (Å²) in [6.45, 7) is 0. The van der Waals surface area contributed by atoms with Gasteiger partial charge < -0.3 is 9.73 Å². The third-order valence-corrected chi connectivity index (χ3v) is 7.07. The molecule has 1 aromatic carbocycles. The molecule has 2 aromatic heterocycles. The molecule has 1 aliphatic carbocycles. The minimum absolute atomic E-state index is 0.0998. The third-order valence-electron chi connectivity index (χ3n) is 4.85. The Balaban J connectivity index is 1.30. The summed E-state index contributed by atoms with van der Waals surface area (Å²) in [5.74, 6) is 0.845. The Hall–Kier alpha value is -2.36. The first kappa shape index (κ1) is 19.6. The maximum absolute atomic E-state index is 13.0. The molecule has 0 bridgehead atoms. The fraction of sp³-hybridized carbons (Fsp3) is 0.300. The molecule has 154 valence electrons. The summed E-state index contributed by atoms with van der Waals surface area (Å²) < 4.78 is 6.35. The average molecular weight is 460 g/mol. The molecular weight excluding hydrogens is 442 g/mol. The average Bonchev–Trinajstić information content (AvgIpc) is 3.17. The van der Waals surface area contributed by atoms with E-state index in [0.29, 0.717) is 23.2 Å². The van der Waals surface area contributed by atoms with Gasteiger partial charge in [-0.15, -0.1) is 10.2 Å². The Kier molecular flexibility index (Phi) is 5.49. The number of nitrogens with zero attached hydrogens (tertiary/aromatic N) is 4. The quantitative estimate of drug-likeness (QED) is 0.509. The van der Waals surface area contributed by atoms with Gasteiger partial charge in [0.05, 0.1) is 17.7 Å². The highest BCUT2D eigenvalue weighted by atomic mass is 35.5. The lowest BCUT2D eigenvalue weighted by molar-refractivity contribution is -0.130. The Morgan fingerprint density at radius 3 is 2.83 bits per heavy atom. The molecule has 1 fully saturated rings. The van der Waals surface area contributed by atoms with Crippen LogP contribution in [0.3, 0.4) is 0 Å². The second-order valence-corrected chi connectivity index (χ2v) is 9.74. The highest BCUT2D eigenvalue weighted by molar-refractivity contribution is 8.01. The second kappa shape index (κ2) is 8.41. The van der Waals surface area contributed by atoms with E-state index in [1.165, 1.54) is 40.9 Å². The number of furan rings is 1. The van der Waals surface area contributed by atoms with Crippen LogP contribution in [0.1, 0.15) is 36.6 Å². The predicted molar refractivity (Wildman–Crippen MR) is 118 cm³/mol. The summed E-state index contributed by atoms with van der Waals surface area (Å²) in [5.41, 5.74) is 1.78. The Morgan fingerprint density at radius 1 is 1.27 bits per heavy atom. The van der Waals surface area contributed by atoms with Gasteiger partial charge in [-0.05, 0) is 42.7 Å². The maximum atomic E-state index is 13.0. The molecule has 1 saturated carbocycles. The molecule has 30 heavy (non-hydrogen) atoms. The van der Waals surface area contributed by atoms with Crippen molar-refractivity contribution in [1.29, 1.82) is 0 Å². The van der Waals surface area contributed by atoms with Gasteiger partial charge in [0.1, 0.15) is 11.8 Å². The van der Waals surface area contributed by atoms with Crippen molar-refractivity contribution < 1.29 is 9.21 Å². The molecular formula is C20H18ClN5O2S2. The Bertz CT molecular complexity index is 1060. The van der Waals surface area contributed by atoms with Crippen molar-refractivity contribution in [3.05, 3.63) is 59.0 Å². The molecule has 0 spiro atoms. The zero-order chi connectivity index (χ0) is 20.5. The second-order valence-electron chi connectivity index (χ2n) is 7.11. The van der Waals surface area contributed by atoms with Crippen LogP contribution in [0.15, 0.2) is 56.5 Å². The minimum atomic E-state index is -0.264. The van der Waals surface area contributed by atoms with Gasteiger partial charge in [0.25, 0.3) is 5.91 Å². The molecule has 3 heterocycles. The molecule has 10 heteroatoms. The third kappa shape index (κ3) is 4.38. The number of carbonyl (C=O) groups is 1. The van der Waals surface area contributed by atoms with Crippen molar-refractivity contribution in [3.8, 4) is 0 Å². The van der Waals surface area contributed by atoms with Gasteiger partial charge in [0, 0.05) is 17.5 Å². The maximum Gasteiger partial charge on any atom is 0.253 e. The van der Waals surface area contributed by atoms with E-state index in [4.69, 9.17) is 16.0 Å². The first-order valence-electron chi connectivity index (χ1n) is 9.57. The van der Waals surface area contributed by atoms with Crippen molar-refractivity contribution >= 4 is 51.5 Å². The summed E-state index contributed by atoms with van der Waals surface area (Å²) in [6, 6.07) is 11.4. The largest absolute Gasteiger partial charge is 0.467 e. The number of hydrogen-bond acceptors (Lipinski definition) is 8. The predicted octanol–water partition coefficient (Wildman–Crippen LogP) is 4.83. The lowest BCUT2D eigenvalue weighted by Gasteiger charge is -2.19. The number of amides is 1. The monoisotopic (exact) mass is 459 g/mol. The summed E-state index contributed by atoms with van der Waals surface area (Å²) in [5, 5.41) is 19.3. The number of anilines is 1. The van der Waals surface area contributed by atoms with Crippen molar-refractivity contribution in [3.63, 3.8) is 0 Å². The number of carbonyl (C=O) groups excluding carboxylic acids is 1. The number of thioether (sulfide) groups is 1. The van der Waals surface area contributed by atoms with Crippen molar-refractivity contribution in [2.45, 2.75) is 35.7 Å². The molecule has 1 amide bonds. The van der Waals surface area contributed by atoms with Crippen LogP contribution in [0.5, 0.6) is 0 Å². The molecule has 7 nitrogen and oxygen atoms in total. The first-order valence-corrected chi connectivity index (χ1v) is 11.8. The van der Waals surface area contributed by atoms with E-state index < -0.39 is 0 Å². The van der Waals surface area contributed by atoms with Gasteiger partial charge in [0.15, 0.2) is 4.34 Å². The van der Waals surface area contributed by atoms with Crippen LogP contribution in [0.25, 0.3) is 0 Å². The van der Waals surface area contributed by atoms with Crippen LogP contribution in [0, 0.1) is 0 Å². The van der Waals surface area contributed by atoms with Crippen LogP contribution in [-0.2, 0) is 4.79 Å². The molecule has 3 aromatic rings. The number of benzene rings is 1. The van der Waals surface area contributed by atoms with E-state index in [-0.39, 0.29) is 17.7 Å². The number of hydrazone groups is 1. The van der Waals surface area contributed by atoms with Gasteiger partial charge in [-0.1, -0.05) is 46.8 Å². The molecule has 1 atom stereocenters. The number of hydrogen-bond donors (Lipinski definition) is 1. The standard InChI is InChI=1S/C20H18ClN5O2S2/c21-13-5-3-12(4-6-13)15-10-16(17-2-1-9-28-17)26(25-15)18(27)11-29-20-24-23-19(30-20)22-14-7-8-14/h1-6,9,14,16H,7-8,10-11H2,(H,22,23)/t16-/m0/s1. The molecule has 1 N–H and O–H groups in total. The number of rotatable bonds is 7. The molecule has 5 rings (SSSR count). The molecule has 0 radical (unpaired) electrons. The van der Waals surface area contributed by atoms with E-state index in [0.717, 1.165) is 20.7 Å². The van der Waals surface area contributed by atoms with Gasteiger partial charge >= 0.3 is 0 Å². The zero-order valence-electron chi connectivity index (χ0n) is 15.8. The molecule has 1 aliphatic heterocycles. The lowest BCUT2D eigenvalue weighted by Crippen LogP contribution is -2.28. The fourth-order valence-corrected chi connectivity index (χ4v) is 4.99. The normalized spacial score (nSPS) is 18.5. The molecule has 0 saturated heterocycles. The van der Waals surface area contributed by atoms with E-state index in [1.807, 2.05) is 36.4 Å². The molecule has 0 unspecified atom stereocenters. The van der Waals surface area contributed by atoms with Gasteiger partial charge in [-0.3, -0.25) is 4.79 Å². The van der Waals surface area contributed by atoms with Crippen molar-refractivity contribution in [1.82, 2.24) is 15.2 Å². The van der Waals surface area contributed by atoms with Crippen LogP contribution in [0.2, 0.25) is 5.02 Å². The van der Waals surface area contributed by atoms with Crippen LogP contribution < -0.4 is 5.32 Å². The zero-order valence-corrected chi connectivity index (χ0v) is 18.2. The summed E-state index contributed by atoms with van der Waals surface area (Å²) in [4.78, 5) is 13.0. The van der Waals surface area contributed by atoms with Crippen LogP contribution in [-0.4, -0.2) is 38.6 Å². The number of aromatic nitrogens is 2. The summed E-state index contributed by atoms with van der Waals surface area (Å²) in [7, 11) is 0. The van der Waals surface area contributed by atoms with Crippen LogP contribution in [0.4, 0.5) is 5.13 Å². The van der Waals surface area contributed by atoms with Crippen molar-refractivity contribution in [2.24, 2.45) is 5.10 Å². The van der Waals surface area contributed by atoms with E-state index in [1.54, 1.807) is 6.26 Å². The van der Waals surface area contributed by atoms with E-state index in [2.05, 4.69) is 20.6 Å². The van der Waals surface area contributed by atoms with Crippen molar-refractivity contribution in [2.75, 3.05) is 11.1 Å². The Morgan fingerprint density at radius 2 is 2.10 bits per heavy atom.